The number of ether oxygens (including phenoxy) is 1. The van der Waals surface area contributed by atoms with E-state index in [-0.39, 0.29) is 17.5 Å². The van der Waals surface area contributed by atoms with Crippen LogP contribution in [0, 0.1) is 10.1 Å². The number of methoxy groups -OCH3 is 1. The van der Waals surface area contributed by atoms with Crippen LogP contribution in [0.15, 0.2) is 30.7 Å². The highest BCUT2D eigenvalue weighted by atomic mass is 35.5. The van der Waals surface area contributed by atoms with Crippen molar-refractivity contribution in [1.29, 1.82) is 0 Å². The van der Waals surface area contributed by atoms with Gasteiger partial charge in [-0.3, -0.25) is 20.2 Å². The molecule has 152 valence electrons. The number of nitrogens with one attached hydrogen (secondary N) is 1. The molecule has 3 aromatic rings. The number of aromatic nitrogens is 5. The lowest BCUT2D eigenvalue weighted by Crippen LogP contribution is -2.24. The minimum Gasteiger partial charge on any atom is -0.475 e. The quantitative estimate of drug-likeness (QED) is 0.442. The van der Waals surface area contributed by atoms with Crippen molar-refractivity contribution in [2.45, 2.75) is 19.5 Å². The molecular formula is C16H15Cl2N7O4. The molecule has 2 heterocycles. The molecule has 1 aromatic carbocycles. The van der Waals surface area contributed by atoms with E-state index in [2.05, 4.69) is 20.5 Å². The van der Waals surface area contributed by atoms with Gasteiger partial charge in [-0.05, 0) is 24.6 Å². The van der Waals surface area contributed by atoms with Gasteiger partial charge in [-0.2, -0.15) is 0 Å². The van der Waals surface area contributed by atoms with Crippen molar-refractivity contribution in [2.24, 2.45) is 0 Å². The summed E-state index contributed by atoms with van der Waals surface area (Å²) in [5.41, 5.74) is 0.516. The zero-order valence-corrected chi connectivity index (χ0v) is 16.8. The number of hydrogen-bond donors (Lipinski definition) is 1. The van der Waals surface area contributed by atoms with E-state index in [1.165, 1.54) is 25.0 Å². The molecule has 29 heavy (non-hydrogen) atoms. The summed E-state index contributed by atoms with van der Waals surface area (Å²) < 4.78 is 7.51. The number of nitro groups is 1. The number of hydrogen-bond acceptors (Lipinski definition) is 7. The van der Waals surface area contributed by atoms with Crippen LogP contribution in [0.25, 0.3) is 0 Å². The standard InChI is InChI=1S/C16H15Cl2N7O4/c1-9(24-7-13(25(27)28)15(21-24)29-2)14(26)20-16-19-8-23(22-16)6-10-3-4-11(17)12(18)5-10/h3-5,7-9H,6H2,1-2H3,(H,20,22,26). The third-order valence-electron chi connectivity index (χ3n) is 3.95. The van der Waals surface area contributed by atoms with Crippen LogP contribution in [0.3, 0.4) is 0 Å². The Bertz CT molecular complexity index is 1070. The molecule has 0 saturated carbocycles. The Kier molecular flexibility index (Phi) is 5.99. The summed E-state index contributed by atoms with van der Waals surface area (Å²) in [4.78, 5) is 26.8. The summed E-state index contributed by atoms with van der Waals surface area (Å²) in [6.45, 7) is 1.90. The second-order valence-electron chi connectivity index (χ2n) is 5.94. The van der Waals surface area contributed by atoms with E-state index < -0.39 is 16.9 Å². The second-order valence-corrected chi connectivity index (χ2v) is 6.75. The first-order valence-electron chi connectivity index (χ1n) is 8.20. The zero-order chi connectivity index (χ0) is 21.1. The molecule has 0 aliphatic carbocycles. The fourth-order valence-corrected chi connectivity index (χ4v) is 2.74. The first-order valence-corrected chi connectivity index (χ1v) is 8.96. The highest BCUT2D eigenvalue weighted by Crippen LogP contribution is 2.26. The molecule has 1 N–H and O–H groups in total. The van der Waals surface area contributed by atoms with Crippen LogP contribution in [0.1, 0.15) is 18.5 Å². The molecule has 0 spiro atoms. The highest BCUT2D eigenvalue weighted by molar-refractivity contribution is 6.42. The number of halogens is 2. The lowest BCUT2D eigenvalue weighted by atomic mass is 10.2. The van der Waals surface area contributed by atoms with Gasteiger partial charge < -0.3 is 4.74 Å². The Balaban J connectivity index is 1.68. The molecular weight excluding hydrogens is 425 g/mol. The summed E-state index contributed by atoms with van der Waals surface area (Å²) in [5, 5.41) is 22.5. The Morgan fingerprint density at radius 1 is 1.34 bits per heavy atom. The lowest BCUT2D eigenvalue weighted by molar-refractivity contribution is -0.385. The molecule has 11 nitrogen and oxygen atoms in total. The molecule has 0 fully saturated rings. The predicted molar refractivity (Wildman–Crippen MR) is 104 cm³/mol. The largest absolute Gasteiger partial charge is 0.475 e. The maximum atomic E-state index is 12.4. The van der Waals surface area contributed by atoms with Crippen LogP contribution in [-0.2, 0) is 11.3 Å². The average Bonchev–Trinajstić information content (AvgIpc) is 3.31. The van der Waals surface area contributed by atoms with E-state index in [0.29, 0.717) is 16.6 Å². The summed E-state index contributed by atoms with van der Waals surface area (Å²) in [5.74, 6) is -0.605. The number of amides is 1. The molecule has 1 amide bonds. The first-order chi connectivity index (χ1) is 13.8. The Morgan fingerprint density at radius 3 is 2.72 bits per heavy atom. The van der Waals surface area contributed by atoms with Gasteiger partial charge in [-0.25, -0.2) is 14.3 Å². The molecule has 2 aromatic heterocycles. The highest BCUT2D eigenvalue weighted by Gasteiger charge is 2.25. The van der Waals surface area contributed by atoms with E-state index in [1.54, 1.807) is 18.2 Å². The molecule has 1 atom stereocenters. The minimum absolute atomic E-state index is 0.0792. The fraction of sp³-hybridized carbons (Fsp3) is 0.250. The van der Waals surface area contributed by atoms with Gasteiger partial charge in [0.1, 0.15) is 18.6 Å². The molecule has 0 aliphatic rings. The normalized spacial score (nSPS) is 11.9. The number of anilines is 1. The number of rotatable bonds is 7. The summed E-state index contributed by atoms with van der Waals surface area (Å²) in [6, 6.07) is 4.33. The molecule has 0 radical (unpaired) electrons. The van der Waals surface area contributed by atoms with E-state index >= 15 is 0 Å². The van der Waals surface area contributed by atoms with Crippen LogP contribution >= 0.6 is 23.2 Å². The van der Waals surface area contributed by atoms with E-state index in [4.69, 9.17) is 27.9 Å². The lowest BCUT2D eigenvalue weighted by Gasteiger charge is -2.10. The van der Waals surface area contributed by atoms with Gasteiger partial charge in [0.05, 0.1) is 28.6 Å². The van der Waals surface area contributed by atoms with E-state index in [9.17, 15) is 14.9 Å². The van der Waals surface area contributed by atoms with E-state index in [0.717, 1.165) is 16.4 Å². The van der Waals surface area contributed by atoms with Gasteiger partial charge >= 0.3 is 11.6 Å². The topological polar surface area (TPSA) is 130 Å². The first kappa shape index (κ1) is 20.6. The summed E-state index contributed by atoms with van der Waals surface area (Å²) >= 11 is 11.9. The van der Waals surface area contributed by atoms with Gasteiger partial charge in [-0.15, -0.1) is 10.2 Å². The van der Waals surface area contributed by atoms with Crippen LogP contribution in [0.5, 0.6) is 5.88 Å². The Hall–Kier alpha value is -3.18. The van der Waals surface area contributed by atoms with Crippen molar-refractivity contribution >= 4 is 40.7 Å². The Labute approximate surface area is 174 Å². The smallest absolute Gasteiger partial charge is 0.350 e. The van der Waals surface area contributed by atoms with Gasteiger partial charge in [0.15, 0.2) is 0 Å². The fourth-order valence-electron chi connectivity index (χ4n) is 2.42. The summed E-state index contributed by atoms with van der Waals surface area (Å²) in [6.07, 6.45) is 2.57. The maximum absolute atomic E-state index is 12.4. The van der Waals surface area contributed by atoms with Crippen molar-refractivity contribution in [1.82, 2.24) is 24.5 Å². The molecule has 0 saturated heterocycles. The number of benzene rings is 1. The van der Waals surface area contributed by atoms with Crippen molar-refractivity contribution in [3.63, 3.8) is 0 Å². The van der Waals surface area contributed by atoms with Crippen molar-refractivity contribution < 1.29 is 14.5 Å². The zero-order valence-electron chi connectivity index (χ0n) is 15.2. The predicted octanol–water partition coefficient (Wildman–Crippen LogP) is 2.95. The molecule has 3 rings (SSSR count). The monoisotopic (exact) mass is 439 g/mol. The molecule has 1 unspecified atom stereocenters. The van der Waals surface area contributed by atoms with Crippen LogP contribution < -0.4 is 10.1 Å². The molecule has 0 aliphatic heterocycles. The number of nitrogens with zero attached hydrogens (tertiary/aromatic N) is 6. The van der Waals surface area contributed by atoms with Crippen molar-refractivity contribution in [2.75, 3.05) is 12.4 Å². The third-order valence-corrected chi connectivity index (χ3v) is 4.69. The van der Waals surface area contributed by atoms with Crippen LogP contribution in [-0.4, -0.2) is 42.5 Å². The molecule has 0 bridgehead atoms. The number of carbonyl (C=O) groups is 1. The van der Waals surface area contributed by atoms with Gasteiger partial charge in [0.25, 0.3) is 5.91 Å². The SMILES string of the molecule is COc1nn(C(C)C(=O)Nc2ncn(Cc3ccc(Cl)c(Cl)c3)n2)cc1[N+](=O)[O-]. The van der Waals surface area contributed by atoms with Crippen LogP contribution in [0.2, 0.25) is 10.0 Å². The minimum atomic E-state index is -0.861. The number of carbonyl (C=O) groups excluding carboxylic acids is 1. The van der Waals surface area contributed by atoms with E-state index in [1.807, 2.05) is 0 Å². The van der Waals surface area contributed by atoms with Gasteiger partial charge in [0, 0.05) is 0 Å². The van der Waals surface area contributed by atoms with Gasteiger partial charge in [-0.1, -0.05) is 29.3 Å². The summed E-state index contributed by atoms with van der Waals surface area (Å²) in [7, 11) is 1.26. The average molecular weight is 440 g/mol. The second kappa shape index (κ2) is 8.45. The Morgan fingerprint density at radius 2 is 2.10 bits per heavy atom. The van der Waals surface area contributed by atoms with Crippen molar-refractivity contribution in [3.8, 4) is 5.88 Å². The van der Waals surface area contributed by atoms with Crippen molar-refractivity contribution in [3.05, 3.63) is 56.4 Å². The van der Waals surface area contributed by atoms with Crippen LogP contribution in [0.4, 0.5) is 11.6 Å². The maximum Gasteiger partial charge on any atom is 0.350 e. The molecule has 13 heteroatoms. The van der Waals surface area contributed by atoms with Gasteiger partial charge in [0.2, 0.25) is 5.95 Å². The third kappa shape index (κ3) is 4.63.